The maximum atomic E-state index is 10.9. The number of amides is 1. The lowest BCUT2D eigenvalue weighted by atomic mass is 10.0. The van der Waals surface area contributed by atoms with E-state index < -0.39 is 12.0 Å². The molecule has 0 radical (unpaired) electrons. The Balaban J connectivity index is 2.54. The van der Waals surface area contributed by atoms with Gasteiger partial charge in [0.25, 0.3) is 0 Å². The molecule has 1 saturated heterocycles. The van der Waals surface area contributed by atoms with E-state index in [1.165, 1.54) is 6.92 Å². The van der Waals surface area contributed by atoms with Gasteiger partial charge in [0, 0.05) is 6.92 Å². The Morgan fingerprint density at radius 2 is 2.20 bits per heavy atom. The zero-order valence-corrected chi connectivity index (χ0v) is 9.03. The highest BCUT2D eigenvalue weighted by molar-refractivity contribution is 5.75. The van der Waals surface area contributed by atoms with Gasteiger partial charge in [-0.15, -0.1) is 0 Å². The molecule has 1 amide bonds. The molecule has 0 aromatic heterocycles. The van der Waals surface area contributed by atoms with Gasteiger partial charge in [-0.1, -0.05) is 0 Å². The lowest BCUT2D eigenvalue weighted by Crippen LogP contribution is -2.43. The van der Waals surface area contributed by atoms with Gasteiger partial charge in [0.2, 0.25) is 5.91 Å². The molecule has 1 fully saturated rings. The molecule has 1 rings (SSSR count). The van der Waals surface area contributed by atoms with Crippen molar-refractivity contribution in [2.75, 3.05) is 0 Å². The van der Waals surface area contributed by atoms with Crippen molar-refractivity contribution in [3.63, 3.8) is 0 Å². The summed E-state index contributed by atoms with van der Waals surface area (Å²) in [5.74, 6) is -1.14. The minimum absolute atomic E-state index is 0.0863. The molecular formula is C10H17NO4. The molecule has 86 valence electrons. The summed E-state index contributed by atoms with van der Waals surface area (Å²) in [5, 5.41) is 11.3. The molecule has 5 nitrogen and oxygen atoms in total. The number of carbonyl (C=O) groups is 2. The van der Waals surface area contributed by atoms with E-state index in [1.807, 2.05) is 6.92 Å². The maximum Gasteiger partial charge on any atom is 0.305 e. The van der Waals surface area contributed by atoms with E-state index in [-0.39, 0.29) is 24.5 Å². The van der Waals surface area contributed by atoms with Crippen molar-refractivity contribution >= 4 is 11.9 Å². The molecule has 5 heteroatoms. The predicted molar refractivity (Wildman–Crippen MR) is 53.4 cm³/mol. The van der Waals surface area contributed by atoms with Crippen molar-refractivity contribution in [1.82, 2.24) is 5.32 Å². The highest BCUT2D eigenvalue weighted by atomic mass is 16.5. The Labute approximate surface area is 88.8 Å². The fourth-order valence-electron chi connectivity index (χ4n) is 1.85. The number of hydrogen-bond acceptors (Lipinski definition) is 3. The third-order valence-corrected chi connectivity index (χ3v) is 2.50. The SMILES string of the molecule is CC(=O)N[C@@H](CC(=O)O)C1CCC(C)O1. The average molecular weight is 215 g/mol. The minimum atomic E-state index is -0.920. The van der Waals surface area contributed by atoms with Crippen molar-refractivity contribution < 1.29 is 19.4 Å². The lowest BCUT2D eigenvalue weighted by Gasteiger charge is -2.22. The zero-order valence-electron chi connectivity index (χ0n) is 9.03. The van der Waals surface area contributed by atoms with Gasteiger partial charge < -0.3 is 15.2 Å². The van der Waals surface area contributed by atoms with Crippen LogP contribution >= 0.6 is 0 Å². The number of aliphatic carboxylic acids is 1. The molecule has 1 heterocycles. The van der Waals surface area contributed by atoms with Crippen molar-refractivity contribution in [3.05, 3.63) is 0 Å². The molecule has 3 atom stereocenters. The second kappa shape index (κ2) is 5.11. The number of nitrogens with one attached hydrogen (secondary N) is 1. The van der Waals surface area contributed by atoms with Crippen LogP contribution < -0.4 is 5.32 Å². The molecule has 2 unspecified atom stereocenters. The first-order valence-electron chi connectivity index (χ1n) is 5.13. The summed E-state index contributed by atoms with van der Waals surface area (Å²) in [6.07, 6.45) is 1.62. The van der Waals surface area contributed by atoms with Crippen LogP contribution in [-0.4, -0.2) is 35.2 Å². The van der Waals surface area contributed by atoms with Crippen LogP contribution in [0.1, 0.15) is 33.1 Å². The third kappa shape index (κ3) is 3.87. The molecule has 0 aromatic carbocycles. The van der Waals surface area contributed by atoms with Gasteiger partial charge in [-0.25, -0.2) is 0 Å². The Hall–Kier alpha value is -1.10. The molecule has 0 bridgehead atoms. The molecule has 0 aliphatic carbocycles. The van der Waals surface area contributed by atoms with Crippen molar-refractivity contribution in [3.8, 4) is 0 Å². The highest BCUT2D eigenvalue weighted by Gasteiger charge is 2.31. The number of carbonyl (C=O) groups excluding carboxylic acids is 1. The Kier molecular flexibility index (Phi) is 4.08. The van der Waals surface area contributed by atoms with E-state index in [2.05, 4.69) is 5.32 Å². The molecule has 15 heavy (non-hydrogen) atoms. The molecule has 0 spiro atoms. The normalized spacial score (nSPS) is 27.3. The fourth-order valence-corrected chi connectivity index (χ4v) is 1.85. The molecule has 0 aromatic rings. The van der Waals surface area contributed by atoms with Crippen LogP contribution in [0.2, 0.25) is 0 Å². The molecule has 1 aliphatic rings. The first-order chi connectivity index (χ1) is 6.99. The van der Waals surface area contributed by atoms with Gasteiger partial charge >= 0.3 is 5.97 Å². The zero-order chi connectivity index (χ0) is 11.4. The van der Waals surface area contributed by atoms with Crippen LogP contribution in [0.5, 0.6) is 0 Å². The van der Waals surface area contributed by atoms with E-state index in [1.54, 1.807) is 0 Å². The Morgan fingerprint density at radius 3 is 2.60 bits per heavy atom. The van der Waals surface area contributed by atoms with Crippen molar-refractivity contribution in [1.29, 1.82) is 0 Å². The number of ether oxygens (including phenoxy) is 1. The summed E-state index contributed by atoms with van der Waals surface area (Å²) in [7, 11) is 0. The van der Waals surface area contributed by atoms with E-state index in [9.17, 15) is 9.59 Å². The van der Waals surface area contributed by atoms with E-state index in [0.717, 1.165) is 12.8 Å². The molecular weight excluding hydrogens is 198 g/mol. The fraction of sp³-hybridized carbons (Fsp3) is 0.800. The smallest absolute Gasteiger partial charge is 0.305 e. The quantitative estimate of drug-likeness (QED) is 0.717. The lowest BCUT2D eigenvalue weighted by molar-refractivity contribution is -0.138. The van der Waals surface area contributed by atoms with Crippen LogP contribution in [0.25, 0.3) is 0 Å². The van der Waals surface area contributed by atoms with Gasteiger partial charge in [-0.3, -0.25) is 9.59 Å². The van der Waals surface area contributed by atoms with Crippen molar-refractivity contribution in [2.45, 2.75) is 51.4 Å². The van der Waals surface area contributed by atoms with Gasteiger partial charge in [0.05, 0.1) is 24.7 Å². The summed E-state index contributed by atoms with van der Waals surface area (Å²) < 4.78 is 5.55. The Morgan fingerprint density at radius 1 is 1.53 bits per heavy atom. The van der Waals surface area contributed by atoms with Gasteiger partial charge in [0.1, 0.15) is 0 Å². The largest absolute Gasteiger partial charge is 0.481 e. The van der Waals surface area contributed by atoms with Gasteiger partial charge in [0.15, 0.2) is 0 Å². The first kappa shape index (κ1) is 12.0. The molecule has 2 N–H and O–H groups in total. The number of hydrogen-bond donors (Lipinski definition) is 2. The summed E-state index contributed by atoms with van der Waals surface area (Å²) in [5.41, 5.74) is 0. The number of carboxylic acids is 1. The number of carboxylic acid groups (broad SMARTS) is 1. The van der Waals surface area contributed by atoms with E-state index in [4.69, 9.17) is 9.84 Å². The number of rotatable bonds is 4. The summed E-state index contributed by atoms with van der Waals surface area (Å²) >= 11 is 0. The standard InChI is InChI=1S/C10H17NO4/c1-6-3-4-9(15-6)8(5-10(13)14)11-7(2)12/h6,8-9H,3-5H2,1-2H3,(H,11,12)(H,13,14)/t6?,8-,9?/m0/s1. The third-order valence-electron chi connectivity index (χ3n) is 2.50. The van der Waals surface area contributed by atoms with Crippen LogP contribution in [-0.2, 0) is 14.3 Å². The van der Waals surface area contributed by atoms with Crippen LogP contribution in [0.3, 0.4) is 0 Å². The maximum absolute atomic E-state index is 10.9. The van der Waals surface area contributed by atoms with Crippen molar-refractivity contribution in [2.24, 2.45) is 0 Å². The van der Waals surface area contributed by atoms with Crippen LogP contribution in [0, 0.1) is 0 Å². The summed E-state index contributed by atoms with van der Waals surface area (Å²) in [6.45, 7) is 3.33. The van der Waals surface area contributed by atoms with Gasteiger partial charge in [-0.2, -0.15) is 0 Å². The molecule has 1 aliphatic heterocycles. The average Bonchev–Trinajstić information content (AvgIpc) is 2.48. The van der Waals surface area contributed by atoms with Crippen LogP contribution in [0.4, 0.5) is 0 Å². The van der Waals surface area contributed by atoms with E-state index >= 15 is 0 Å². The Bertz CT molecular complexity index is 238. The van der Waals surface area contributed by atoms with Crippen LogP contribution in [0.15, 0.2) is 0 Å². The predicted octanol–water partition coefficient (Wildman–Crippen LogP) is 0.533. The topological polar surface area (TPSA) is 75.6 Å². The molecule has 0 saturated carbocycles. The second-order valence-corrected chi connectivity index (χ2v) is 3.97. The van der Waals surface area contributed by atoms with Gasteiger partial charge in [-0.05, 0) is 19.8 Å². The minimum Gasteiger partial charge on any atom is -0.481 e. The van der Waals surface area contributed by atoms with E-state index in [0.29, 0.717) is 0 Å². The first-order valence-corrected chi connectivity index (χ1v) is 5.13. The second-order valence-electron chi connectivity index (χ2n) is 3.97. The summed E-state index contributed by atoms with van der Waals surface area (Å²) in [6, 6.07) is -0.412. The highest BCUT2D eigenvalue weighted by Crippen LogP contribution is 2.23. The monoisotopic (exact) mass is 215 g/mol. The summed E-state index contributed by atoms with van der Waals surface area (Å²) in [4.78, 5) is 21.5.